The summed E-state index contributed by atoms with van der Waals surface area (Å²) in [5.74, 6) is -0.146. The third-order valence-corrected chi connectivity index (χ3v) is 4.92. The van der Waals surface area contributed by atoms with Gasteiger partial charge in [0.1, 0.15) is 0 Å². The van der Waals surface area contributed by atoms with Gasteiger partial charge in [0.15, 0.2) is 0 Å². The van der Waals surface area contributed by atoms with E-state index >= 15 is 0 Å². The normalized spacial score (nSPS) is 20.1. The van der Waals surface area contributed by atoms with E-state index in [1.807, 2.05) is 6.92 Å². The maximum atomic E-state index is 13.0. The Labute approximate surface area is 155 Å². The summed E-state index contributed by atoms with van der Waals surface area (Å²) in [7, 11) is 0. The number of rotatable bonds is 4. The number of aromatic nitrogens is 2. The number of aryl methyl sites for hydroxylation is 1. The highest BCUT2D eigenvalue weighted by Gasteiger charge is 2.31. The van der Waals surface area contributed by atoms with Crippen LogP contribution in [-0.4, -0.2) is 34.4 Å². The highest BCUT2D eigenvalue weighted by atomic mass is 19.4. The number of hydrogen-bond donors (Lipinski definition) is 1. The molecule has 0 unspecified atom stereocenters. The van der Waals surface area contributed by atoms with Gasteiger partial charge in [-0.25, -0.2) is 4.68 Å². The molecule has 1 N–H and O–H groups in total. The number of carbonyl (C=O) groups excluding carboxylic acids is 1. The molecule has 2 atom stereocenters. The van der Waals surface area contributed by atoms with E-state index < -0.39 is 11.7 Å². The van der Waals surface area contributed by atoms with Crippen LogP contribution < -0.4 is 5.32 Å². The summed E-state index contributed by atoms with van der Waals surface area (Å²) in [5.41, 5.74) is 1.57. The lowest BCUT2D eigenvalue weighted by molar-refractivity contribution is -0.137. The summed E-state index contributed by atoms with van der Waals surface area (Å²) in [6.07, 6.45) is -3.55. The summed E-state index contributed by atoms with van der Waals surface area (Å²) in [6, 6.07) is 4.98. The van der Waals surface area contributed by atoms with Gasteiger partial charge in [-0.15, -0.1) is 0 Å². The molecule has 1 aliphatic heterocycles. The fraction of sp³-hybridized carbons (Fsp3) is 0.474. The number of carbonyl (C=O) groups is 1. The van der Waals surface area contributed by atoms with Crippen LogP contribution in [0.4, 0.5) is 13.2 Å². The number of hydrogen-bond acceptors (Lipinski definition) is 3. The Balaban J connectivity index is 1.82. The van der Waals surface area contributed by atoms with Gasteiger partial charge in [-0.05, 0) is 45.4 Å². The molecule has 1 aromatic heterocycles. The molecule has 1 fully saturated rings. The maximum absolute atomic E-state index is 13.0. The lowest BCUT2D eigenvalue weighted by Gasteiger charge is -2.16. The number of ether oxygens (including phenoxy) is 1. The summed E-state index contributed by atoms with van der Waals surface area (Å²) in [6.45, 7) is 6.04. The minimum absolute atomic E-state index is 0.0170. The maximum Gasteiger partial charge on any atom is 0.416 e. The van der Waals surface area contributed by atoms with Crippen LogP contribution in [0.15, 0.2) is 24.3 Å². The molecule has 27 heavy (non-hydrogen) atoms. The SMILES string of the molecule is Cc1nn(-c2cccc(C(F)(F)F)c2)c(C)c1CC(=O)N[C@H]1CCO[C@H]1C. The number of nitrogens with zero attached hydrogens (tertiary/aromatic N) is 2. The second-order valence-electron chi connectivity index (χ2n) is 6.82. The van der Waals surface area contributed by atoms with E-state index in [9.17, 15) is 18.0 Å². The van der Waals surface area contributed by atoms with Crippen molar-refractivity contribution in [3.05, 3.63) is 46.8 Å². The van der Waals surface area contributed by atoms with Gasteiger partial charge in [0.2, 0.25) is 5.91 Å². The lowest BCUT2D eigenvalue weighted by atomic mass is 10.1. The predicted molar refractivity (Wildman–Crippen MR) is 93.7 cm³/mol. The number of halogens is 3. The Morgan fingerprint density at radius 2 is 2.11 bits per heavy atom. The molecule has 0 spiro atoms. The van der Waals surface area contributed by atoms with Crippen LogP contribution in [0.3, 0.4) is 0 Å². The molecular formula is C19H22F3N3O2. The van der Waals surface area contributed by atoms with Crippen molar-refractivity contribution in [2.24, 2.45) is 0 Å². The fourth-order valence-electron chi connectivity index (χ4n) is 3.34. The predicted octanol–water partition coefficient (Wildman–Crippen LogP) is 3.34. The van der Waals surface area contributed by atoms with Crippen molar-refractivity contribution in [2.45, 2.75) is 51.9 Å². The zero-order valence-electron chi connectivity index (χ0n) is 15.4. The van der Waals surface area contributed by atoms with Crippen molar-refractivity contribution in [1.29, 1.82) is 0 Å². The van der Waals surface area contributed by atoms with Crippen LogP contribution in [0.1, 0.15) is 35.9 Å². The molecule has 2 aromatic rings. The van der Waals surface area contributed by atoms with Crippen molar-refractivity contribution < 1.29 is 22.7 Å². The van der Waals surface area contributed by atoms with Crippen molar-refractivity contribution in [1.82, 2.24) is 15.1 Å². The van der Waals surface area contributed by atoms with Crippen molar-refractivity contribution in [2.75, 3.05) is 6.61 Å². The molecule has 1 amide bonds. The summed E-state index contributed by atoms with van der Waals surface area (Å²) >= 11 is 0. The van der Waals surface area contributed by atoms with Gasteiger partial charge in [0.25, 0.3) is 0 Å². The Kier molecular flexibility index (Phi) is 5.28. The highest BCUT2D eigenvalue weighted by molar-refractivity contribution is 5.79. The molecule has 1 saturated heterocycles. The molecular weight excluding hydrogens is 359 g/mol. The average molecular weight is 381 g/mol. The van der Waals surface area contributed by atoms with Crippen LogP contribution in [0.2, 0.25) is 0 Å². The molecule has 2 heterocycles. The molecule has 0 saturated carbocycles. The minimum Gasteiger partial charge on any atom is -0.376 e. The highest BCUT2D eigenvalue weighted by Crippen LogP contribution is 2.31. The Hall–Kier alpha value is -2.35. The van der Waals surface area contributed by atoms with E-state index in [0.717, 1.165) is 24.1 Å². The first-order chi connectivity index (χ1) is 12.7. The second-order valence-corrected chi connectivity index (χ2v) is 6.82. The Bertz CT molecular complexity index is 845. The topological polar surface area (TPSA) is 56.2 Å². The summed E-state index contributed by atoms with van der Waals surface area (Å²) < 4.78 is 45.8. The van der Waals surface area contributed by atoms with Crippen LogP contribution in [0, 0.1) is 13.8 Å². The number of alkyl halides is 3. The zero-order chi connectivity index (χ0) is 19.8. The molecule has 0 bridgehead atoms. The first kappa shape index (κ1) is 19.4. The van der Waals surface area contributed by atoms with Gasteiger partial charge >= 0.3 is 6.18 Å². The number of amides is 1. The first-order valence-corrected chi connectivity index (χ1v) is 8.80. The van der Waals surface area contributed by atoms with Gasteiger partial charge in [-0.3, -0.25) is 4.79 Å². The quantitative estimate of drug-likeness (QED) is 0.884. The van der Waals surface area contributed by atoms with E-state index in [4.69, 9.17) is 4.74 Å². The van der Waals surface area contributed by atoms with Gasteiger partial charge < -0.3 is 10.1 Å². The van der Waals surface area contributed by atoms with Crippen molar-refractivity contribution in [3.63, 3.8) is 0 Å². The molecule has 1 aliphatic rings. The molecule has 1 aromatic carbocycles. The third kappa shape index (κ3) is 4.16. The van der Waals surface area contributed by atoms with E-state index in [0.29, 0.717) is 23.7 Å². The van der Waals surface area contributed by atoms with Gasteiger partial charge in [0.05, 0.1) is 35.5 Å². The standard InChI is InChI=1S/C19H22F3N3O2/c1-11-16(10-18(26)23-17-7-8-27-13(17)3)12(2)25(24-11)15-6-4-5-14(9-15)19(20,21)22/h4-6,9,13,17H,7-8,10H2,1-3H3,(H,23,26)/t13-,17-/m0/s1. The molecule has 3 rings (SSSR count). The molecule has 0 radical (unpaired) electrons. The largest absolute Gasteiger partial charge is 0.416 e. The lowest BCUT2D eigenvalue weighted by Crippen LogP contribution is -2.40. The molecule has 5 nitrogen and oxygen atoms in total. The molecule has 146 valence electrons. The Morgan fingerprint density at radius 1 is 1.37 bits per heavy atom. The van der Waals surface area contributed by atoms with E-state index in [1.165, 1.54) is 10.7 Å². The smallest absolute Gasteiger partial charge is 0.376 e. The molecule has 8 heteroatoms. The first-order valence-electron chi connectivity index (χ1n) is 8.80. The van der Waals surface area contributed by atoms with Gasteiger partial charge in [0, 0.05) is 17.9 Å². The minimum atomic E-state index is -4.42. The van der Waals surface area contributed by atoms with Crippen LogP contribution in [-0.2, 0) is 22.1 Å². The zero-order valence-corrected chi connectivity index (χ0v) is 15.4. The Morgan fingerprint density at radius 3 is 2.74 bits per heavy atom. The summed E-state index contributed by atoms with van der Waals surface area (Å²) in [4.78, 5) is 12.4. The van der Waals surface area contributed by atoms with Crippen LogP contribution in [0.25, 0.3) is 5.69 Å². The van der Waals surface area contributed by atoms with Gasteiger partial charge in [-0.1, -0.05) is 6.07 Å². The van der Waals surface area contributed by atoms with Gasteiger partial charge in [-0.2, -0.15) is 18.3 Å². The van der Waals surface area contributed by atoms with E-state index in [-0.39, 0.29) is 24.5 Å². The van der Waals surface area contributed by atoms with Crippen LogP contribution in [0.5, 0.6) is 0 Å². The van der Waals surface area contributed by atoms with Crippen LogP contribution >= 0.6 is 0 Å². The third-order valence-electron chi connectivity index (χ3n) is 4.92. The monoisotopic (exact) mass is 381 g/mol. The fourth-order valence-corrected chi connectivity index (χ4v) is 3.34. The van der Waals surface area contributed by atoms with Crippen molar-refractivity contribution in [3.8, 4) is 5.69 Å². The molecule has 0 aliphatic carbocycles. The summed E-state index contributed by atoms with van der Waals surface area (Å²) in [5, 5.41) is 7.31. The van der Waals surface area contributed by atoms with E-state index in [1.54, 1.807) is 19.9 Å². The number of nitrogens with one attached hydrogen (secondary N) is 1. The van der Waals surface area contributed by atoms with Crippen molar-refractivity contribution >= 4 is 5.91 Å². The average Bonchev–Trinajstić information content (AvgIpc) is 3.12. The number of benzene rings is 1. The van der Waals surface area contributed by atoms with E-state index in [2.05, 4.69) is 10.4 Å². The second kappa shape index (κ2) is 7.34.